The van der Waals surface area contributed by atoms with Crippen molar-refractivity contribution in [1.82, 2.24) is 29.9 Å². The number of rotatable bonds is 6. The molecule has 2 aromatic heterocycles. The van der Waals surface area contributed by atoms with Crippen molar-refractivity contribution in [2.45, 2.75) is 13.1 Å². The zero-order valence-corrected chi connectivity index (χ0v) is 16.7. The lowest BCUT2D eigenvalue weighted by Gasteiger charge is -2.05. The third kappa shape index (κ3) is 4.17. The van der Waals surface area contributed by atoms with E-state index in [1.165, 1.54) is 0 Å². The minimum absolute atomic E-state index is 0.211. The van der Waals surface area contributed by atoms with Crippen molar-refractivity contribution in [1.29, 1.82) is 0 Å². The van der Waals surface area contributed by atoms with Gasteiger partial charge in [-0.05, 0) is 17.8 Å². The molecule has 8 heteroatoms. The van der Waals surface area contributed by atoms with Gasteiger partial charge in [0.1, 0.15) is 5.69 Å². The third-order valence-corrected chi connectivity index (χ3v) is 4.99. The van der Waals surface area contributed by atoms with E-state index in [0.717, 1.165) is 11.1 Å². The Kier molecular flexibility index (Phi) is 5.35. The topological polar surface area (TPSA) is 80.5 Å². The number of aromatic amines is 1. The minimum atomic E-state index is -0.211. The Morgan fingerprint density at radius 3 is 2.45 bits per heavy atom. The lowest BCUT2D eigenvalue weighted by Crippen LogP contribution is -2.24. The van der Waals surface area contributed by atoms with E-state index in [1.54, 1.807) is 22.5 Å². The van der Waals surface area contributed by atoms with Crippen molar-refractivity contribution < 1.29 is 4.79 Å². The van der Waals surface area contributed by atoms with E-state index in [9.17, 15) is 4.79 Å². The molecule has 0 bridgehead atoms. The van der Waals surface area contributed by atoms with Gasteiger partial charge in [-0.15, -0.1) is 0 Å². The molecule has 2 heterocycles. The van der Waals surface area contributed by atoms with Crippen molar-refractivity contribution in [3.05, 3.63) is 88.6 Å². The average molecular weight is 404 g/mol. The second kappa shape index (κ2) is 8.24. The molecule has 4 aromatic rings. The van der Waals surface area contributed by atoms with Crippen LogP contribution in [0, 0.1) is 4.77 Å². The molecular formula is C21H20N6OS. The molecule has 0 spiro atoms. The van der Waals surface area contributed by atoms with Gasteiger partial charge in [-0.25, -0.2) is 0 Å². The molecule has 1 amide bonds. The Bertz CT molecular complexity index is 1180. The molecule has 146 valence electrons. The zero-order chi connectivity index (χ0) is 20.2. The Morgan fingerprint density at radius 2 is 1.79 bits per heavy atom. The van der Waals surface area contributed by atoms with E-state index < -0.39 is 0 Å². The number of nitrogens with one attached hydrogen (secondary N) is 2. The number of carbonyl (C=O) groups excluding carboxylic acids is 1. The molecule has 2 aromatic carbocycles. The highest BCUT2D eigenvalue weighted by atomic mass is 32.1. The van der Waals surface area contributed by atoms with Crippen molar-refractivity contribution in [3.8, 4) is 11.3 Å². The Balaban J connectivity index is 1.62. The highest BCUT2D eigenvalue weighted by Gasteiger charge is 2.18. The van der Waals surface area contributed by atoms with E-state index in [4.69, 9.17) is 12.2 Å². The minimum Gasteiger partial charge on any atom is -0.345 e. The molecule has 0 aliphatic carbocycles. The second-order valence-corrected chi connectivity index (χ2v) is 7.01. The summed E-state index contributed by atoms with van der Waals surface area (Å²) in [6.45, 7) is 0.849. The SMILES string of the molecule is Cn1c(CNC(=O)c2cn(Cc3ccccc3)nc2-c2ccccc2)n[nH]c1=S. The van der Waals surface area contributed by atoms with Gasteiger partial charge in [-0.2, -0.15) is 10.2 Å². The first kappa shape index (κ1) is 18.8. The molecule has 0 saturated heterocycles. The van der Waals surface area contributed by atoms with Crippen LogP contribution in [0.25, 0.3) is 11.3 Å². The maximum absolute atomic E-state index is 13.0. The Labute approximate surface area is 173 Å². The van der Waals surface area contributed by atoms with Crippen LogP contribution in [0.5, 0.6) is 0 Å². The molecule has 0 saturated carbocycles. The van der Waals surface area contributed by atoms with Crippen molar-refractivity contribution in [2.24, 2.45) is 7.05 Å². The average Bonchev–Trinajstić information content (AvgIpc) is 3.31. The van der Waals surface area contributed by atoms with E-state index in [0.29, 0.717) is 28.4 Å². The van der Waals surface area contributed by atoms with Crippen molar-refractivity contribution in [2.75, 3.05) is 0 Å². The highest BCUT2D eigenvalue weighted by molar-refractivity contribution is 7.71. The van der Waals surface area contributed by atoms with Gasteiger partial charge >= 0.3 is 0 Å². The quantitative estimate of drug-likeness (QED) is 0.483. The normalized spacial score (nSPS) is 10.8. The lowest BCUT2D eigenvalue weighted by molar-refractivity contribution is 0.0950. The number of nitrogens with zero attached hydrogens (tertiary/aromatic N) is 4. The first-order valence-corrected chi connectivity index (χ1v) is 9.58. The van der Waals surface area contributed by atoms with E-state index in [-0.39, 0.29) is 12.5 Å². The molecule has 7 nitrogen and oxygen atoms in total. The van der Waals surface area contributed by atoms with E-state index in [2.05, 4.69) is 20.6 Å². The number of amides is 1. The van der Waals surface area contributed by atoms with Gasteiger partial charge in [0, 0.05) is 18.8 Å². The van der Waals surface area contributed by atoms with Gasteiger partial charge in [0.2, 0.25) is 0 Å². The monoisotopic (exact) mass is 404 g/mol. The van der Waals surface area contributed by atoms with Crippen molar-refractivity contribution >= 4 is 18.1 Å². The molecule has 0 aliphatic rings. The zero-order valence-electron chi connectivity index (χ0n) is 15.9. The molecule has 0 atom stereocenters. The fourth-order valence-electron chi connectivity index (χ4n) is 3.04. The summed E-state index contributed by atoms with van der Waals surface area (Å²) in [6, 6.07) is 19.7. The summed E-state index contributed by atoms with van der Waals surface area (Å²) in [5, 5.41) is 14.5. The van der Waals surface area contributed by atoms with Crippen LogP contribution < -0.4 is 5.32 Å². The van der Waals surface area contributed by atoms with Crippen LogP contribution in [0.1, 0.15) is 21.7 Å². The van der Waals surface area contributed by atoms with Crippen LogP contribution in [0.15, 0.2) is 66.9 Å². The van der Waals surface area contributed by atoms with E-state index >= 15 is 0 Å². The lowest BCUT2D eigenvalue weighted by atomic mass is 10.1. The van der Waals surface area contributed by atoms with Gasteiger partial charge < -0.3 is 9.88 Å². The third-order valence-electron chi connectivity index (χ3n) is 4.62. The number of hydrogen-bond donors (Lipinski definition) is 2. The fourth-order valence-corrected chi connectivity index (χ4v) is 3.19. The number of aromatic nitrogens is 5. The molecule has 29 heavy (non-hydrogen) atoms. The van der Waals surface area contributed by atoms with E-state index in [1.807, 2.05) is 60.7 Å². The molecule has 0 fully saturated rings. The summed E-state index contributed by atoms with van der Waals surface area (Å²) < 4.78 is 4.03. The number of benzene rings is 2. The first-order valence-electron chi connectivity index (χ1n) is 9.17. The van der Waals surface area contributed by atoms with Crippen LogP contribution >= 0.6 is 12.2 Å². The molecule has 0 aliphatic heterocycles. The van der Waals surface area contributed by atoms with Gasteiger partial charge in [0.05, 0.1) is 18.7 Å². The summed E-state index contributed by atoms with van der Waals surface area (Å²) in [5.74, 6) is 0.443. The molecular weight excluding hydrogens is 384 g/mol. The Hall–Kier alpha value is -3.52. The number of H-pyrrole nitrogens is 1. The van der Waals surface area contributed by atoms with Gasteiger partial charge in [-0.1, -0.05) is 60.7 Å². The summed E-state index contributed by atoms with van der Waals surface area (Å²) in [6.07, 6.45) is 1.79. The number of hydrogen-bond acceptors (Lipinski definition) is 4. The summed E-state index contributed by atoms with van der Waals surface area (Å²) >= 11 is 5.12. The summed E-state index contributed by atoms with van der Waals surface area (Å²) in [7, 11) is 1.81. The van der Waals surface area contributed by atoms with Crippen LogP contribution in [-0.4, -0.2) is 30.5 Å². The van der Waals surface area contributed by atoms with Gasteiger partial charge in [0.25, 0.3) is 5.91 Å². The van der Waals surface area contributed by atoms with Crippen LogP contribution in [-0.2, 0) is 20.1 Å². The molecule has 4 rings (SSSR count). The van der Waals surface area contributed by atoms with Gasteiger partial charge in [0.15, 0.2) is 10.6 Å². The summed E-state index contributed by atoms with van der Waals surface area (Å²) in [5.41, 5.74) is 3.17. The molecule has 0 radical (unpaired) electrons. The second-order valence-electron chi connectivity index (χ2n) is 6.63. The van der Waals surface area contributed by atoms with Gasteiger partial charge in [-0.3, -0.25) is 14.6 Å². The van der Waals surface area contributed by atoms with Crippen LogP contribution in [0.2, 0.25) is 0 Å². The Morgan fingerprint density at radius 1 is 1.10 bits per heavy atom. The fraction of sp³-hybridized carbons (Fsp3) is 0.143. The smallest absolute Gasteiger partial charge is 0.255 e. The predicted octanol–water partition coefficient (Wildman–Crippen LogP) is 3.32. The van der Waals surface area contributed by atoms with Crippen molar-refractivity contribution in [3.63, 3.8) is 0 Å². The van der Waals surface area contributed by atoms with Crippen LogP contribution in [0.4, 0.5) is 0 Å². The number of carbonyl (C=O) groups is 1. The first-order chi connectivity index (χ1) is 14.1. The predicted molar refractivity (Wildman–Crippen MR) is 113 cm³/mol. The van der Waals surface area contributed by atoms with Crippen LogP contribution in [0.3, 0.4) is 0 Å². The molecule has 2 N–H and O–H groups in total. The largest absolute Gasteiger partial charge is 0.345 e. The summed E-state index contributed by atoms with van der Waals surface area (Å²) in [4.78, 5) is 13.0. The molecule has 0 unspecified atom stereocenters. The maximum atomic E-state index is 13.0. The maximum Gasteiger partial charge on any atom is 0.255 e. The highest BCUT2D eigenvalue weighted by Crippen LogP contribution is 2.22. The standard InChI is InChI=1S/C21H20N6OS/c1-26-18(23-24-21(26)29)12-22-20(28)17-14-27(13-15-8-4-2-5-9-15)25-19(17)16-10-6-3-7-11-16/h2-11,14H,12-13H2,1H3,(H,22,28)(H,24,29).